The molecule has 0 bridgehead atoms. The zero-order valence-corrected chi connectivity index (χ0v) is 13.0. The molecule has 0 atom stereocenters. The van der Waals surface area contributed by atoms with Crippen molar-refractivity contribution in [2.24, 2.45) is 0 Å². The molecule has 0 unspecified atom stereocenters. The lowest BCUT2D eigenvalue weighted by molar-refractivity contribution is 0.426. The van der Waals surface area contributed by atoms with E-state index in [4.69, 9.17) is 0 Å². The van der Waals surface area contributed by atoms with Crippen molar-refractivity contribution in [1.82, 2.24) is 4.57 Å². The lowest BCUT2D eigenvalue weighted by Crippen LogP contribution is -2.29. The molecule has 24 heavy (non-hydrogen) atoms. The maximum absolute atomic E-state index is 9.30. The molecule has 1 heterocycles. The summed E-state index contributed by atoms with van der Waals surface area (Å²) < 4.78 is 2.19. The lowest BCUT2D eigenvalue weighted by atomic mass is 9.80. The largest absolute Gasteiger partial charge is 0.488 e. The molecule has 0 aliphatic rings. The minimum Gasteiger partial charge on any atom is -0.423 e. The van der Waals surface area contributed by atoms with Crippen molar-refractivity contribution in [2.75, 3.05) is 0 Å². The first-order valence-electron chi connectivity index (χ1n) is 7.86. The molecule has 2 N–H and O–H groups in total. The van der Waals surface area contributed by atoms with Crippen LogP contribution >= 0.6 is 0 Å². The number of benzene rings is 3. The number of fused-ring (bicyclic) bond motifs is 1. The van der Waals surface area contributed by atoms with Crippen molar-refractivity contribution in [3.8, 4) is 16.9 Å². The van der Waals surface area contributed by atoms with Crippen LogP contribution in [0.5, 0.6) is 0 Å². The van der Waals surface area contributed by atoms with E-state index in [2.05, 4.69) is 34.9 Å². The van der Waals surface area contributed by atoms with Crippen LogP contribution in [0.3, 0.4) is 0 Å². The summed E-state index contributed by atoms with van der Waals surface area (Å²) in [7, 11) is -1.45. The average Bonchev–Trinajstić information content (AvgIpc) is 3.02. The monoisotopic (exact) mass is 313 g/mol. The Balaban J connectivity index is 1.96. The number of aromatic nitrogens is 1. The third-order valence-corrected chi connectivity index (χ3v) is 4.23. The molecule has 4 heteroatoms. The van der Waals surface area contributed by atoms with Crippen LogP contribution in [-0.4, -0.2) is 21.7 Å². The summed E-state index contributed by atoms with van der Waals surface area (Å²) in [6.45, 7) is 0. The van der Waals surface area contributed by atoms with Gasteiger partial charge in [-0.25, -0.2) is 0 Å². The molecule has 3 aromatic carbocycles. The normalized spacial score (nSPS) is 10.9. The van der Waals surface area contributed by atoms with E-state index in [-0.39, 0.29) is 0 Å². The first kappa shape index (κ1) is 14.8. The zero-order valence-electron chi connectivity index (χ0n) is 13.0. The molecule has 0 amide bonds. The van der Waals surface area contributed by atoms with Gasteiger partial charge in [-0.2, -0.15) is 0 Å². The molecule has 0 saturated heterocycles. The molecule has 116 valence electrons. The highest BCUT2D eigenvalue weighted by Crippen LogP contribution is 2.31. The molecule has 3 nitrogen and oxygen atoms in total. The Morgan fingerprint density at radius 1 is 0.708 bits per heavy atom. The Morgan fingerprint density at radius 2 is 1.38 bits per heavy atom. The van der Waals surface area contributed by atoms with E-state index in [9.17, 15) is 10.0 Å². The van der Waals surface area contributed by atoms with Crippen LogP contribution in [-0.2, 0) is 0 Å². The minimum atomic E-state index is -1.45. The van der Waals surface area contributed by atoms with Gasteiger partial charge in [0.2, 0.25) is 0 Å². The molecular weight excluding hydrogens is 297 g/mol. The van der Waals surface area contributed by atoms with E-state index in [0.29, 0.717) is 5.46 Å². The molecule has 0 aliphatic heterocycles. The summed E-state index contributed by atoms with van der Waals surface area (Å²) in [5, 5.41) is 19.8. The number of nitrogens with zero attached hydrogens (tertiary/aromatic N) is 1. The fourth-order valence-electron chi connectivity index (χ4n) is 3.05. The van der Waals surface area contributed by atoms with Gasteiger partial charge in [-0.05, 0) is 35.3 Å². The molecule has 4 aromatic rings. The van der Waals surface area contributed by atoms with Gasteiger partial charge in [0.15, 0.2) is 0 Å². The molecular formula is C20H16BNO2. The number of hydrogen-bond donors (Lipinski definition) is 2. The maximum Gasteiger partial charge on any atom is 0.488 e. The molecule has 0 radical (unpaired) electrons. The molecule has 0 aliphatic carbocycles. The van der Waals surface area contributed by atoms with Crippen LogP contribution in [0.15, 0.2) is 84.9 Å². The van der Waals surface area contributed by atoms with Gasteiger partial charge in [0, 0.05) is 11.1 Å². The molecule has 0 fully saturated rings. The van der Waals surface area contributed by atoms with Crippen molar-refractivity contribution in [1.29, 1.82) is 0 Å². The Labute approximate surface area is 140 Å². The van der Waals surface area contributed by atoms with Crippen LogP contribution in [0.25, 0.3) is 27.8 Å². The number of rotatable bonds is 3. The van der Waals surface area contributed by atoms with Gasteiger partial charge in [0.1, 0.15) is 0 Å². The van der Waals surface area contributed by atoms with E-state index in [0.717, 1.165) is 22.5 Å². The second-order valence-electron chi connectivity index (χ2n) is 5.76. The second kappa shape index (κ2) is 6.00. The summed E-state index contributed by atoms with van der Waals surface area (Å²) in [6, 6.07) is 28.0. The van der Waals surface area contributed by atoms with E-state index in [1.807, 2.05) is 42.5 Å². The highest BCUT2D eigenvalue weighted by Gasteiger charge is 2.14. The Hall–Kier alpha value is -2.82. The average molecular weight is 313 g/mol. The first-order valence-corrected chi connectivity index (χ1v) is 7.86. The lowest BCUT2D eigenvalue weighted by Gasteiger charge is -2.12. The van der Waals surface area contributed by atoms with Gasteiger partial charge in [-0.1, -0.05) is 60.7 Å². The Bertz CT molecular complexity index is 976. The summed E-state index contributed by atoms with van der Waals surface area (Å²) in [5.74, 6) is 0. The summed E-state index contributed by atoms with van der Waals surface area (Å²) in [4.78, 5) is 0. The summed E-state index contributed by atoms with van der Waals surface area (Å²) in [6.07, 6.45) is 0. The smallest absolute Gasteiger partial charge is 0.423 e. The van der Waals surface area contributed by atoms with Gasteiger partial charge in [0.05, 0.1) is 11.2 Å². The maximum atomic E-state index is 9.30. The molecule has 1 aromatic heterocycles. The van der Waals surface area contributed by atoms with Gasteiger partial charge in [0.25, 0.3) is 0 Å². The van der Waals surface area contributed by atoms with Crippen LogP contribution < -0.4 is 5.46 Å². The summed E-state index contributed by atoms with van der Waals surface area (Å²) >= 11 is 0. The van der Waals surface area contributed by atoms with Crippen molar-refractivity contribution >= 4 is 23.5 Å². The Kier molecular flexibility index (Phi) is 3.69. The first-order chi connectivity index (χ1) is 11.7. The van der Waals surface area contributed by atoms with Crippen molar-refractivity contribution in [3.63, 3.8) is 0 Å². The van der Waals surface area contributed by atoms with Crippen molar-refractivity contribution in [2.45, 2.75) is 0 Å². The summed E-state index contributed by atoms with van der Waals surface area (Å²) in [5.41, 5.74) is 4.83. The van der Waals surface area contributed by atoms with Crippen molar-refractivity contribution < 1.29 is 10.0 Å². The third kappa shape index (κ3) is 2.52. The Morgan fingerprint density at radius 3 is 2.08 bits per heavy atom. The zero-order chi connectivity index (χ0) is 16.5. The number of para-hydroxylation sites is 1. The van der Waals surface area contributed by atoms with Crippen LogP contribution in [0, 0.1) is 0 Å². The fraction of sp³-hybridized carbons (Fsp3) is 0. The van der Waals surface area contributed by atoms with Crippen LogP contribution in [0.4, 0.5) is 0 Å². The van der Waals surface area contributed by atoms with Gasteiger partial charge in [-0.15, -0.1) is 0 Å². The third-order valence-electron chi connectivity index (χ3n) is 4.23. The predicted molar refractivity (Wildman–Crippen MR) is 98.5 cm³/mol. The van der Waals surface area contributed by atoms with E-state index in [1.165, 1.54) is 5.39 Å². The van der Waals surface area contributed by atoms with E-state index >= 15 is 0 Å². The fourth-order valence-corrected chi connectivity index (χ4v) is 3.05. The van der Waals surface area contributed by atoms with Gasteiger partial charge >= 0.3 is 7.12 Å². The molecule has 0 spiro atoms. The highest BCUT2D eigenvalue weighted by molar-refractivity contribution is 6.58. The quantitative estimate of drug-likeness (QED) is 0.571. The van der Waals surface area contributed by atoms with Crippen molar-refractivity contribution in [3.05, 3.63) is 84.9 Å². The minimum absolute atomic E-state index is 0.483. The topological polar surface area (TPSA) is 45.4 Å². The predicted octanol–water partition coefficient (Wildman–Crippen LogP) is 2.98. The molecule has 4 rings (SSSR count). The molecule has 0 saturated carbocycles. The van der Waals surface area contributed by atoms with Gasteiger partial charge in [-0.3, -0.25) is 0 Å². The van der Waals surface area contributed by atoms with Gasteiger partial charge < -0.3 is 14.6 Å². The van der Waals surface area contributed by atoms with Crippen LogP contribution in [0.1, 0.15) is 0 Å². The standard InChI is InChI=1S/C20H16BNO2/c23-21(24)17-10-12-18(13-11-17)22-19-9-5-4-8-16(19)14-20(22)15-6-2-1-3-7-15/h1-14,23-24H. The highest BCUT2D eigenvalue weighted by atomic mass is 16.4. The van der Waals surface area contributed by atoms with Crippen LogP contribution in [0.2, 0.25) is 0 Å². The number of hydrogen-bond acceptors (Lipinski definition) is 2. The van der Waals surface area contributed by atoms with E-state index < -0.39 is 7.12 Å². The van der Waals surface area contributed by atoms with E-state index in [1.54, 1.807) is 12.1 Å². The SMILES string of the molecule is OB(O)c1ccc(-n2c(-c3ccccc3)cc3ccccc32)cc1. The second-order valence-corrected chi connectivity index (χ2v) is 5.76.